The van der Waals surface area contributed by atoms with E-state index in [-0.39, 0.29) is 6.10 Å². The summed E-state index contributed by atoms with van der Waals surface area (Å²) in [6.45, 7) is 0. The van der Waals surface area contributed by atoms with E-state index in [1.54, 1.807) is 0 Å². The average molecular weight is 174 g/mol. The molecular formula is C8H14O2S. The van der Waals surface area contributed by atoms with E-state index in [1.165, 1.54) is 0 Å². The smallest absolute Gasteiger partial charge is 0.0552 e. The highest BCUT2D eigenvalue weighted by molar-refractivity contribution is 7.86. The molecule has 2 saturated heterocycles. The van der Waals surface area contributed by atoms with Crippen molar-refractivity contribution in [2.24, 2.45) is 0 Å². The summed E-state index contributed by atoms with van der Waals surface area (Å²) in [5, 5.41) is 10.1. The van der Waals surface area contributed by atoms with E-state index in [0.717, 1.165) is 32.1 Å². The van der Waals surface area contributed by atoms with E-state index in [4.69, 9.17) is 0 Å². The third-order valence-electron chi connectivity index (χ3n) is 2.82. The molecule has 3 heteroatoms. The predicted octanol–water partition coefficient (Wildman–Crippen LogP) is 0.811. The van der Waals surface area contributed by atoms with Gasteiger partial charge >= 0.3 is 0 Å². The Balaban J connectivity index is 2.13. The van der Waals surface area contributed by atoms with Crippen molar-refractivity contribution in [3.05, 3.63) is 0 Å². The third-order valence-corrected chi connectivity index (χ3v) is 5.04. The highest BCUT2D eigenvalue weighted by Crippen LogP contribution is 2.33. The highest BCUT2D eigenvalue weighted by atomic mass is 32.2. The van der Waals surface area contributed by atoms with Crippen LogP contribution >= 0.6 is 0 Å². The van der Waals surface area contributed by atoms with E-state index >= 15 is 0 Å². The first-order chi connectivity index (χ1) is 5.27. The van der Waals surface area contributed by atoms with Crippen LogP contribution in [0.25, 0.3) is 0 Å². The second-order valence-corrected chi connectivity index (χ2v) is 5.61. The number of aliphatic hydroxyl groups is 1. The number of hydrogen-bond donors (Lipinski definition) is 1. The summed E-state index contributed by atoms with van der Waals surface area (Å²) in [4.78, 5) is 0. The molecule has 2 heterocycles. The topological polar surface area (TPSA) is 37.3 Å². The van der Waals surface area contributed by atoms with Gasteiger partial charge in [-0.3, -0.25) is 4.21 Å². The van der Waals surface area contributed by atoms with Gasteiger partial charge in [0.15, 0.2) is 0 Å². The lowest BCUT2D eigenvalue weighted by atomic mass is 9.99. The number of rotatable bonds is 0. The Hall–Kier alpha value is 0.110. The minimum absolute atomic E-state index is 0.172. The van der Waals surface area contributed by atoms with Crippen LogP contribution in [0.5, 0.6) is 0 Å². The lowest BCUT2D eigenvalue weighted by molar-refractivity contribution is 0.148. The van der Waals surface area contributed by atoms with Crippen molar-refractivity contribution in [2.45, 2.75) is 48.7 Å². The molecule has 0 radical (unpaired) electrons. The number of hydrogen-bond acceptors (Lipinski definition) is 2. The average Bonchev–Trinajstić information content (AvgIpc) is 2.20. The molecule has 0 aromatic heterocycles. The van der Waals surface area contributed by atoms with Gasteiger partial charge in [0.25, 0.3) is 0 Å². The van der Waals surface area contributed by atoms with Gasteiger partial charge in [-0.05, 0) is 32.1 Å². The van der Waals surface area contributed by atoms with Gasteiger partial charge in [-0.25, -0.2) is 0 Å². The first-order valence-corrected chi connectivity index (χ1v) is 5.62. The van der Waals surface area contributed by atoms with E-state index in [2.05, 4.69) is 0 Å². The van der Waals surface area contributed by atoms with E-state index in [0.29, 0.717) is 10.5 Å². The molecule has 1 N–H and O–H groups in total. The molecular weight excluding hydrogens is 160 g/mol. The SMILES string of the molecule is O=S1C2CCC(O)CC1CC2. The van der Waals surface area contributed by atoms with Crippen LogP contribution in [0.4, 0.5) is 0 Å². The maximum absolute atomic E-state index is 11.6. The summed E-state index contributed by atoms with van der Waals surface area (Å²) in [6, 6.07) is 0. The monoisotopic (exact) mass is 174 g/mol. The van der Waals surface area contributed by atoms with Crippen molar-refractivity contribution in [3.8, 4) is 0 Å². The Kier molecular flexibility index (Phi) is 2.02. The summed E-state index contributed by atoms with van der Waals surface area (Å²) < 4.78 is 11.6. The highest BCUT2D eigenvalue weighted by Gasteiger charge is 2.36. The second-order valence-electron chi connectivity index (χ2n) is 3.62. The van der Waals surface area contributed by atoms with Crippen LogP contribution in [0, 0.1) is 0 Å². The number of aliphatic hydroxyl groups excluding tert-OH is 1. The van der Waals surface area contributed by atoms with E-state index in [1.807, 2.05) is 0 Å². The summed E-state index contributed by atoms with van der Waals surface area (Å²) >= 11 is 0. The largest absolute Gasteiger partial charge is 0.393 e. The van der Waals surface area contributed by atoms with Crippen molar-refractivity contribution in [3.63, 3.8) is 0 Å². The Morgan fingerprint density at radius 2 is 1.73 bits per heavy atom. The Morgan fingerprint density at radius 3 is 2.55 bits per heavy atom. The minimum atomic E-state index is -0.617. The fraction of sp³-hybridized carbons (Fsp3) is 1.00. The lowest BCUT2D eigenvalue weighted by Gasteiger charge is -2.11. The Labute approximate surface area is 69.5 Å². The van der Waals surface area contributed by atoms with Gasteiger partial charge in [0.05, 0.1) is 6.10 Å². The normalized spacial score (nSPS) is 50.6. The maximum atomic E-state index is 11.6. The Morgan fingerprint density at radius 1 is 1.09 bits per heavy atom. The molecule has 2 rings (SSSR count). The molecule has 0 aromatic rings. The molecule has 2 nitrogen and oxygen atoms in total. The van der Waals surface area contributed by atoms with Gasteiger partial charge in [-0.1, -0.05) is 0 Å². The molecule has 0 saturated carbocycles. The third kappa shape index (κ3) is 1.36. The molecule has 64 valence electrons. The van der Waals surface area contributed by atoms with Crippen molar-refractivity contribution in [1.29, 1.82) is 0 Å². The molecule has 2 aliphatic heterocycles. The summed E-state index contributed by atoms with van der Waals surface area (Å²) in [5.41, 5.74) is 0. The van der Waals surface area contributed by atoms with Crippen LogP contribution in [-0.2, 0) is 10.8 Å². The van der Waals surface area contributed by atoms with Gasteiger partial charge < -0.3 is 5.11 Å². The lowest BCUT2D eigenvalue weighted by Crippen LogP contribution is -2.15. The maximum Gasteiger partial charge on any atom is 0.0552 e. The van der Waals surface area contributed by atoms with E-state index < -0.39 is 10.8 Å². The van der Waals surface area contributed by atoms with Gasteiger partial charge in [0.2, 0.25) is 0 Å². The fourth-order valence-corrected chi connectivity index (χ4v) is 4.21. The second kappa shape index (κ2) is 2.87. The first-order valence-electron chi connectivity index (χ1n) is 4.35. The van der Waals surface area contributed by atoms with Gasteiger partial charge in [0.1, 0.15) is 0 Å². The fourth-order valence-electron chi connectivity index (χ4n) is 2.15. The summed E-state index contributed by atoms with van der Waals surface area (Å²) in [6.07, 6.45) is 4.66. The standard InChI is InChI=1S/C8H14O2S/c9-6-1-2-7-3-4-8(5-6)11(7)10/h6-9H,1-5H2. The summed E-state index contributed by atoms with van der Waals surface area (Å²) in [7, 11) is -0.617. The molecule has 2 bridgehead atoms. The first kappa shape index (κ1) is 7.74. The van der Waals surface area contributed by atoms with Crippen LogP contribution in [0.15, 0.2) is 0 Å². The molecule has 0 amide bonds. The zero-order valence-corrected chi connectivity index (χ0v) is 7.35. The van der Waals surface area contributed by atoms with Crippen molar-refractivity contribution >= 4 is 10.8 Å². The van der Waals surface area contributed by atoms with Crippen molar-refractivity contribution in [1.82, 2.24) is 0 Å². The molecule has 4 atom stereocenters. The molecule has 0 aliphatic carbocycles. The Bertz CT molecular complexity index is 181. The predicted molar refractivity (Wildman–Crippen MR) is 44.8 cm³/mol. The van der Waals surface area contributed by atoms with Gasteiger partial charge in [0, 0.05) is 21.3 Å². The van der Waals surface area contributed by atoms with E-state index in [9.17, 15) is 9.32 Å². The molecule has 4 unspecified atom stereocenters. The van der Waals surface area contributed by atoms with Crippen LogP contribution < -0.4 is 0 Å². The minimum Gasteiger partial charge on any atom is -0.393 e. The van der Waals surface area contributed by atoms with Crippen LogP contribution in [0.1, 0.15) is 32.1 Å². The van der Waals surface area contributed by atoms with Gasteiger partial charge in [-0.15, -0.1) is 0 Å². The molecule has 2 fully saturated rings. The summed E-state index contributed by atoms with van der Waals surface area (Å²) in [5.74, 6) is 0. The molecule has 0 spiro atoms. The zero-order valence-electron chi connectivity index (χ0n) is 6.53. The van der Waals surface area contributed by atoms with Crippen molar-refractivity contribution < 1.29 is 9.32 Å². The van der Waals surface area contributed by atoms with Crippen molar-refractivity contribution in [2.75, 3.05) is 0 Å². The van der Waals surface area contributed by atoms with Crippen LogP contribution in [0.3, 0.4) is 0 Å². The van der Waals surface area contributed by atoms with Crippen LogP contribution in [0.2, 0.25) is 0 Å². The molecule has 2 aliphatic rings. The molecule has 11 heavy (non-hydrogen) atoms. The quantitative estimate of drug-likeness (QED) is 0.590. The molecule has 0 aromatic carbocycles. The number of fused-ring (bicyclic) bond motifs is 2. The van der Waals surface area contributed by atoms with Crippen LogP contribution in [-0.4, -0.2) is 25.9 Å². The van der Waals surface area contributed by atoms with Gasteiger partial charge in [-0.2, -0.15) is 0 Å². The zero-order chi connectivity index (χ0) is 7.84.